The third-order valence-corrected chi connectivity index (χ3v) is 2.93. The molecule has 1 heterocycles. The van der Waals surface area contributed by atoms with Crippen LogP contribution >= 0.6 is 0 Å². The predicted molar refractivity (Wildman–Crippen MR) is 78.3 cm³/mol. The molecule has 1 unspecified atom stereocenters. The third-order valence-electron chi connectivity index (χ3n) is 2.93. The quantitative estimate of drug-likeness (QED) is 0.879. The molecule has 1 aliphatic heterocycles. The summed E-state index contributed by atoms with van der Waals surface area (Å²) >= 11 is 0. The SMILES string of the molecule is CC(C)(C)OC(=O)NCC1COc2cccc(F)c2NC1=O. The van der Waals surface area contributed by atoms with Gasteiger partial charge in [0, 0.05) is 6.54 Å². The Morgan fingerprint density at radius 3 is 2.91 bits per heavy atom. The number of rotatable bonds is 2. The maximum atomic E-state index is 13.7. The van der Waals surface area contributed by atoms with Gasteiger partial charge in [0.15, 0.2) is 5.82 Å². The molecule has 22 heavy (non-hydrogen) atoms. The largest absolute Gasteiger partial charge is 0.490 e. The first-order valence-electron chi connectivity index (χ1n) is 6.95. The summed E-state index contributed by atoms with van der Waals surface area (Å²) in [6.45, 7) is 5.31. The molecule has 0 spiro atoms. The highest BCUT2D eigenvalue weighted by Gasteiger charge is 2.27. The molecule has 1 atom stereocenters. The number of para-hydroxylation sites is 1. The number of carbonyl (C=O) groups is 2. The van der Waals surface area contributed by atoms with Crippen molar-refractivity contribution in [3.05, 3.63) is 24.0 Å². The van der Waals surface area contributed by atoms with Crippen LogP contribution in [-0.4, -0.2) is 30.8 Å². The molecule has 2 amide bonds. The van der Waals surface area contributed by atoms with Crippen LogP contribution in [0.2, 0.25) is 0 Å². The van der Waals surface area contributed by atoms with Crippen molar-refractivity contribution < 1.29 is 23.5 Å². The number of alkyl carbamates (subject to hydrolysis) is 1. The Morgan fingerprint density at radius 1 is 1.50 bits per heavy atom. The van der Waals surface area contributed by atoms with Gasteiger partial charge in [-0.2, -0.15) is 0 Å². The highest BCUT2D eigenvalue weighted by atomic mass is 19.1. The predicted octanol–water partition coefficient (Wildman–Crippen LogP) is 2.30. The van der Waals surface area contributed by atoms with Crippen molar-refractivity contribution in [2.45, 2.75) is 26.4 Å². The smallest absolute Gasteiger partial charge is 0.407 e. The first-order valence-corrected chi connectivity index (χ1v) is 6.95. The average Bonchev–Trinajstić information content (AvgIpc) is 2.55. The fraction of sp³-hybridized carbons (Fsp3) is 0.467. The Balaban J connectivity index is 1.97. The molecule has 0 saturated carbocycles. The summed E-state index contributed by atoms with van der Waals surface area (Å²) in [5.41, 5.74) is -0.599. The van der Waals surface area contributed by atoms with Crippen molar-refractivity contribution in [3.8, 4) is 5.75 Å². The minimum absolute atomic E-state index is 0.0206. The number of amides is 2. The van der Waals surface area contributed by atoms with Crippen molar-refractivity contribution in [2.75, 3.05) is 18.5 Å². The molecule has 2 N–H and O–H groups in total. The monoisotopic (exact) mass is 310 g/mol. The number of halogens is 1. The molecule has 7 heteroatoms. The molecule has 120 valence electrons. The van der Waals surface area contributed by atoms with E-state index in [1.54, 1.807) is 26.8 Å². The molecule has 1 aromatic carbocycles. The topological polar surface area (TPSA) is 76.7 Å². The Labute approximate surface area is 128 Å². The summed E-state index contributed by atoms with van der Waals surface area (Å²) in [4.78, 5) is 23.7. The second-order valence-electron chi connectivity index (χ2n) is 5.99. The van der Waals surface area contributed by atoms with Gasteiger partial charge in [-0.1, -0.05) is 6.07 Å². The minimum Gasteiger partial charge on any atom is -0.490 e. The summed E-state index contributed by atoms with van der Waals surface area (Å²) in [5.74, 6) is -1.35. The van der Waals surface area contributed by atoms with Crippen molar-refractivity contribution in [1.29, 1.82) is 0 Å². The summed E-state index contributed by atoms with van der Waals surface area (Å²) in [5, 5.41) is 4.99. The van der Waals surface area contributed by atoms with Gasteiger partial charge in [0.05, 0.1) is 5.92 Å². The Bertz CT molecular complexity index is 583. The van der Waals surface area contributed by atoms with Crippen LogP contribution in [0.25, 0.3) is 0 Å². The number of anilines is 1. The van der Waals surface area contributed by atoms with E-state index in [0.29, 0.717) is 0 Å². The zero-order chi connectivity index (χ0) is 16.3. The zero-order valence-electron chi connectivity index (χ0n) is 12.7. The number of ether oxygens (including phenoxy) is 2. The second kappa shape index (κ2) is 6.21. The molecule has 6 nitrogen and oxygen atoms in total. The molecule has 0 radical (unpaired) electrons. The lowest BCUT2D eigenvalue weighted by Gasteiger charge is -2.20. The lowest BCUT2D eigenvalue weighted by Crippen LogP contribution is -2.40. The van der Waals surface area contributed by atoms with Gasteiger partial charge < -0.3 is 20.1 Å². The van der Waals surface area contributed by atoms with Gasteiger partial charge in [0.1, 0.15) is 23.6 Å². The number of benzene rings is 1. The van der Waals surface area contributed by atoms with E-state index in [1.165, 1.54) is 12.1 Å². The summed E-state index contributed by atoms with van der Waals surface area (Å²) < 4.78 is 24.2. The molecule has 0 aliphatic carbocycles. The normalized spacial score (nSPS) is 17.6. The first-order chi connectivity index (χ1) is 10.3. The first kappa shape index (κ1) is 16.1. The lowest BCUT2D eigenvalue weighted by molar-refractivity contribution is -0.120. The molecule has 2 rings (SSSR count). The number of carbonyl (C=O) groups excluding carboxylic acids is 2. The van der Waals surface area contributed by atoms with E-state index in [0.717, 1.165) is 0 Å². The lowest BCUT2D eigenvalue weighted by atomic mass is 10.1. The molecular weight excluding hydrogens is 291 g/mol. The van der Waals surface area contributed by atoms with Crippen LogP contribution in [0.4, 0.5) is 14.9 Å². The van der Waals surface area contributed by atoms with E-state index in [2.05, 4.69) is 10.6 Å². The van der Waals surface area contributed by atoms with Crippen LogP contribution in [0.1, 0.15) is 20.8 Å². The molecular formula is C15H19FN2O4. The molecule has 0 saturated heterocycles. The fourth-order valence-electron chi connectivity index (χ4n) is 1.91. The van der Waals surface area contributed by atoms with Gasteiger partial charge in [-0.15, -0.1) is 0 Å². The average molecular weight is 310 g/mol. The Kier molecular flexibility index (Phi) is 4.54. The van der Waals surface area contributed by atoms with Gasteiger partial charge in [0.25, 0.3) is 0 Å². The van der Waals surface area contributed by atoms with Crippen molar-refractivity contribution in [3.63, 3.8) is 0 Å². The highest BCUT2D eigenvalue weighted by Crippen LogP contribution is 2.30. The minimum atomic E-state index is -0.640. The van der Waals surface area contributed by atoms with E-state index in [1.807, 2.05) is 0 Å². The zero-order valence-corrected chi connectivity index (χ0v) is 12.7. The van der Waals surface area contributed by atoms with Crippen LogP contribution in [0.15, 0.2) is 18.2 Å². The van der Waals surface area contributed by atoms with E-state index in [4.69, 9.17) is 9.47 Å². The maximum absolute atomic E-state index is 13.7. The fourth-order valence-corrected chi connectivity index (χ4v) is 1.91. The van der Waals surface area contributed by atoms with Gasteiger partial charge in [-0.05, 0) is 32.9 Å². The van der Waals surface area contributed by atoms with E-state index in [9.17, 15) is 14.0 Å². The van der Waals surface area contributed by atoms with Gasteiger partial charge in [0.2, 0.25) is 5.91 Å². The molecule has 1 aliphatic rings. The summed E-state index contributed by atoms with van der Waals surface area (Å²) in [6, 6.07) is 4.31. The molecule has 0 fully saturated rings. The maximum Gasteiger partial charge on any atom is 0.407 e. The molecule has 0 bridgehead atoms. The Hall–Kier alpha value is -2.31. The number of fused-ring (bicyclic) bond motifs is 1. The summed E-state index contributed by atoms with van der Waals surface area (Å²) in [6.07, 6.45) is -0.617. The van der Waals surface area contributed by atoms with Crippen molar-refractivity contribution >= 4 is 17.7 Å². The number of hydrogen-bond acceptors (Lipinski definition) is 4. The molecule has 1 aromatic rings. The van der Waals surface area contributed by atoms with Crippen molar-refractivity contribution in [1.82, 2.24) is 5.32 Å². The standard InChI is InChI=1S/C15H19FN2O4/c1-15(2,3)22-14(20)17-7-9-8-21-11-6-4-5-10(16)12(11)18-13(9)19/h4-6,9H,7-8H2,1-3H3,(H,17,20)(H,18,19). The van der Waals surface area contributed by atoms with Crippen LogP contribution in [-0.2, 0) is 9.53 Å². The van der Waals surface area contributed by atoms with E-state index >= 15 is 0 Å². The van der Waals surface area contributed by atoms with Crippen LogP contribution in [0.3, 0.4) is 0 Å². The van der Waals surface area contributed by atoms with Gasteiger partial charge in [-0.3, -0.25) is 4.79 Å². The van der Waals surface area contributed by atoms with E-state index < -0.39 is 29.3 Å². The number of nitrogens with one attached hydrogen (secondary N) is 2. The van der Waals surface area contributed by atoms with E-state index in [-0.39, 0.29) is 24.6 Å². The van der Waals surface area contributed by atoms with Gasteiger partial charge in [-0.25, -0.2) is 9.18 Å². The molecule has 0 aromatic heterocycles. The van der Waals surface area contributed by atoms with Crippen LogP contribution < -0.4 is 15.4 Å². The number of hydrogen-bond donors (Lipinski definition) is 2. The third kappa shape index (κ3) is 4.09. The van der Waals surface area contributed by atoms with Crippen LogP contribution in [0.5, 0.6) is 5.75 Å². The second-order valence-corrected chi connectivity index (χ2v) is 5.99. The van der Waals surface area contributed by atoms with Crippen molar-refractivity contribution in [2.24, 2.45) is 5.92 Å². The van der Waals surface area contributed by atoms with Crippen LogP contribution in [0, 0.1) is 11.7 Å². The summed E-state index contributed by atoms with van der Waals surface area (Å²) in [7, 11) is 0. The Morgan fingerprint density at radius 2 is 2.23 bits per heavy atom. The van der Waals surface area contributed by atoms with Gasteiger partial charge >= 0.3 is 6.09 Å². The highest BCUT2D eigenvalue weighted by molar-refractivity contribution is 5.95.